The van der Waals surface area contributed by atoms with Crippen molar-refractivity contribution in [3.63, 3.8) is 0 Å². The zero-order valence-electron chi connectivity index (χ0n) is 6.41. The first-order chi connectivity index (χ1) is 5.33. The first-order valence-electron chi connectivity index (χ1n) is 3.69. The van der Waals surface area contributed by atoms with E-state index in [0.717, 1.165) is 12.7 Å². The molecule has 1 fully saturated rings. The summed E-state index contributed by atoms with van der Waals surface area (Å²) in [7, 11) is 0. The van der Waals surface area contributed by atoms with Gasteiger partial charge in [0.2, 0.25) is 0 Å². The Balaban J connectivity index is 2.10. The number of allylic oxidation sites excluding steroid dienone is 1. The predicted octanol–water partition coefficient (Wildman–Crippen LogP) is 0.895. The molecule has 0 aromatic rings. The molecule has 0 amide bonds. The molecule has 0 N–H and O–H groups in total. The lowest BCUT2D eigenvalue weighted by molar-refractivity contribution is -0.105. The molecule has 1 saturated heterocycles. The van der Waals surface area contributed by atoms with Crippen LogP contribution in [0.1, 0.15) is 12.8 Å². The quantitative estimate of drug-likeness (QED) is 0.448. The summed E-state index contributed by atoms with van der Waals surface area (Å²) in [6.45, 7) is 4.88. The molecule has 0 unspecified atom stereocenters. The third kappa shape index (κ3) is 2.82. The maximum atomic E-state index is 10.1. The van der Waals surface area contributed by atoms with Crippen molar-refractivity contribution in [1.29, 1.82) is 0 Å². The van der Waals surface area contributed by atoms with Gasteiger partial charge in [-0.25, -0.2) is 0 Å². The van der Waals surface area contributed by atoms with Crippen LogP contribution in [-0.4, -0.2) is 25.8 Å². The van der Waals surface area contributed by atoms with Gasteiger partial charge in [-0.1, -0.05) is 6.58 Å². The highest BCUT2D eigenvalue weighted by atomic mass is 16.7. The van der Waals surface area contributed by atoms with E-state index < -0.39 is 0 Å². The summed E-state index contributed by atoms with van der Waals surface area (Å²) >= 11 is 0. The van der Waals surface area contributed by atoms with E-state index in [4.69, 9.17) is 9.47 Å². The van der Waals surface area contributed by atoms with Crippen LogP contribution in [0.5, 0.6) is 0 Å². The largest absolute Gasteiger partial charge is 0.350 e. The molecule has 0 spiro atoms. The molecule has 62 valence electrons. The van der Waals surface area contributed by atoms with Gasteiger partial charge in [-0.05, 0) is 12.0 Å². The van der Waals surface area contributed by atoms with E-state index in [0.29, 0.717) is 25.2 Å². The molecule has 0 aromatic heterocycles. The van der Waals surface area contributed by atoms with Crippen LogP contribution in [0, 0.1) is 0 Å². The second-order valence-electron chi connectivity index (χ2n) is 2.49. The van der Waals surface area contributed by atoms with Gasteiger partial charge in [-0.3, -0.25) is 4.79 Å². The third-order valence-electron chi connectivity index (χ3n) is 1.56. The van der Waals surface area contributed by atoms with Crippen LogP contribution in [0.15, 0.2) is 12.2 Å². The number of rotatable bonds is 4. The highest BCUT2D eigenvalue weighted by Gasteiger charge is 2.15. The van der Waals surface area contributed by atoms with Crippen molar-refractivity contribution in [3.8, 4) is 0 Å². The molecule has 0 atom stereocenters. The fourth-order valence-electron chi connectivity index (χ4n) is 0.936. The number of carbonyl (C=O) groups excluding carboxylic acids is 1. The lowest BCUT2D eigenvalue weighted by atomic mass is 10.2. The number of aldehydes is 1. The van der Waals surface area contributed by atoms with E-state index in [2.05, 4.69) is 6.58 Å². The zero-order valence-corrected chi connectivity index (χ0v) is 6.41. The van der Waals surface area contributed by atoms with Crippen LogP contribution >= 0.6 is 0 Å². The van der Waals surface area contributed by atoms with Gasteiger partial charge in [0.15, 0.2) is 6.29 Å². The molecule has 0 aliphatic carbocycles. The fraction of sp³-hybridized carbons (Fsp3) is 0.625. The Morgan fingerprint density at radius 1 is 1.55 bits per heavy atom. The van der Waals surface area contributed by atoms with E-state index in [1.165, 1.54) is 0 Å². The molecule has 1 rings (SSSR count). The molecule has 3 heteroatoms. The second-order valence-corrected chi connectivity index (χ2v) is 2.49. The van der Waals surface area contributed by atoms with Crippen molar-refractivity contribution < 1.29 is 14.3 Å². The van der Waals surface area contributed by atoms with Gasteiger partial charge in [0.05, 0.1) is 13.2 Å². The molecule has 11 heavy (non-hydrogen) atoms. The number of carbonyl (C=O) groups is 1. The van der Waals surface area contributed by atoms with E-state index in [1.54, 1.807) is 0 Å². The minimum Gasteiger partial charge on any atom is -0.350 e. The minimum atomic E-state index is -0.119. The Bertz CT molecular complexity index is 147. The van der Waals surface area contributed by atoms with E-state index in [-0.39, 0.29) is 6.29 Å². The average molecular weight is 156 g/mol. The van der Waals surface area contributed by atoms with E-state index in [1.807, 2.05) is 0 Å². The van der Waals surface area contributed by atoms with Gasteiger partial charge in [-0.2, -0.15) is 0 Å². The SMILES string of the molecule is C=C(C=O)CCC1OCCO1. The van der Waals surface area contributed by atoms with Crippen LogP contribution in [-0.2, 0) is 14.3 Å². The van der Waals surface area contributed by atoms with Crippen molar-refractivity contribution >= 4 is 6.29 Å². The number of hydrogen-bond acceptors (Lipinski definition) is 3. The minimum absolute atomic E-state index is 0.119. The highest BCUT2D eigenvalue weighted by molar-refractivity contribution is 5.71. The van der Waals surface area contributed by atoms with Crippen molar-refractivity contribution in [2.75, 3.05) is 13.2 Å². The molecule has 3 nitrogen and oxygen atoms in total. The van der Waals surface area contributed by atoms with Gasteiger partial charge in [0.25, 0.3) is 0 Å². The zero-order chi connectivity index (χ0) is 8.10. The van der Waals surface area contributed by atoms with Crippen molar-refractivity contribution in [2.24, 2.45) is 0 Å². The van der Waals surface area contributed by atoms with Crippen molar-refractivity contribution in [2.45, 2.75) is 19.1 Å². The van der Waals surface area contributed by atoms with E-state index >= 15 is 0 Å². The summed E-state index contributed by atoms with van der Waals surface area (Å²) in [6.07, 6.45) is 2.05. The van der Waals surface area contributed by atoms with Crippen LogP contribution < -0.4 is 0 Å². The summed E-state index contributed by atoms with van der Waals surface area (Å²) in [6, 6.07) is 0. The summed E-state index contributed by atoms with van der Waals surface area (Å²) in [5.74, 6) is 0. The van der Waals surface area contributed by atoms with E-state index in [9.17, 15) is 4.79 Å². The maximum absolute atomic E-state index is 10.1. The number of hydrogen-bond donors (Lipinski definition) is 0. The first-order valence-corrected chi connectivity index (χ1v) is 3.69. The molecular weight excluding hydrogens is 144 g/mol. The topological polar surface area (TPSA) is 35.5 Å². The van der Waals surface area contributed by atoms with Gasteiger partial charge in [0.1, 0.15) is 6.29 Å². The standard InChI is InChI=1S/C8H12O3/c1-7(6-9)2-3-8-10-4-5-11-8/h6,8H,1-5H2. The third-order valence-corrected chi connectivity index (χ3v) is 1.56. The Hall–Kier alpha value is -0.670. The van der Waals surface area contributed by atoms with Gasteiger partial charge >= 0.3 is 0 Å². The molecule has 0 saturated carbocycles. The van der Waals surface area contributed by atoms with Gasteiger partial charge in [-0.15, -0.1) is 0 Å². The fourth-order valence-corrected chi connectivity index (χ4v) is 0.936. The predicted molar refractivity (Wildman–Crippen MR) is 40.1 cm³/mol. The first kappa shape index (κ1) is 8.43. The Labute approximate surface area is 66.0 Å². The normalized spacial score (nSPS) is 18.5. The smallest absolute Gasteiger partial charge is 0.158 e. The summed E-state index contributed by atoms with van der Waals surface area (Å²) in [5, 5.41) is 0. The summed E-state index contributed by atoms with van der Waals surface area (Å²) < 4.78 is 10.3. The molecule has 1 aliphatic heterocycles. The lowest BCUT2D eigenvalue weighted by Crippen LogP contribution is -2.07. The van der Waals surface area contributed by atoms with Gasteiger partial charge < -0.3 is 9.47 Å². The summed E-state index contributed by atoms with van der Waals surface area (Å²) in [5.41, 5.74) is 0.601. The maximum Gasteiger partial charge on any atom is 0.158 e. The Morgan fingerprint density at radius 3 is 2.73 bits per heavy atom. The number of ether oxygens (including phenoxy) is 2. The highest BCUT2D eigenvalue weighted by Crippen LogP contribution is 2.12. The Kier molecular flexibility index (Phi) is 3.26. The van der Waals surface area contributed by atoms with Crippen LogP contribution in [0.3, 0.4) is 0 Å². The Morgan fingerprint density at radius 2 is 2.18 bits per heavy atom. The van der Waals surface area contributed by atoms with Gasteiger partial charge in [0, 0.05) is 6.42 Å². The van der Waals surface area contributed by atoms with Crippen LogP contribution in [0.4, 0.5) is 0 Å². The van der Waals surface area contributed by atoms with Crippen molar-refractivity contribution in [1.82, 2.24) is 0 Å². The monoisotopic (exact) mass is 156 g/mol. The molecule has 1 heterocycles. The second kappa shape index (κ2) is 4.26. The van der Waals surface area contributed by atoms with Crippen molar-refractivity contribution in [3.05, 3.63) is 12.2 Å². The molecule has 0 aromatic carbocycles. The average Bonchev–Trinajstić information content (AvgIpc) is 2.52. The molecule has 0 bridgehead atoms. The lowest BCUT2D eigenvalue weighted by Gasteiger charge is -2.06. The molecule has 1 aliphatic rings. The molecule has 0 radical (unpaired) electrons. The summed E-state index contributed by atoms with van der Waals surface area (Å²) in [4.78, 5) is 10.1. The van der Waals surface area contributed by atoms with Crippen LogP contribution in [0.25, 0.3) is 0 Å². The van der Waals surface area contributed by atoms with Crippen LogP contribution in [0.2, 0.25) is 0 Å². The molecular formula is C8H12O3.